The molecule has 1 aliphatic heterocycles. The summed E-state index contributed by atoms with van der Waals surface area (Å²) in [5.41, 5.74) is 0.681. The third-order valence-corrected chi connectivity index (χ3v) is 5.66. The number of hydrogen-bond donors (Lipinski definition) is 0. The highest BCUT2D eigenvalue weighted by Crippen LogP contribution is 2.19. The Morgan fingerprint density at radius 3 is 2.28 bits per heavy atom. The van der Waals surface area contributed by atoms with Crippen LogP contribution in [0.2, 0.25) is 0 Å². The van der Waals surface area contributed by atoms with Crippen molar-refractivity contribution in [2.75, 3.05) is 23.0 Å². The van der Waals surface area contributed by atoms with Crippen LogP contribution in [0.1, 0.15) is 32.1 Å². The fourth-order valence-corrected chi connectivity index (χ4v) is 4.20. The standard InChI is InChI=1S/C13H20O2S3/c1-11-10-16-9-6-12(14)17-7-4-2-3-5-8-18-13(11)15/h1-10H2. The molecule has 1 aliphatic rings. The van der Waals surface area contributed by atoms with Crippen molar-refractivity contribution in [3.8, 4) is 0 Å². The molecule has 1 fully saturated rings. The van der Waals surface area contributed by atoms with Gasteiger partial charge in [-0.25, -0.2) is 0 Å². The predicted molar refractivity (Wildman–Crippen MR) is 84.5 cm³/mol. The van der Waals surface area contributed by atoms with Gasteiger partial charge in [0.2, 0.25) is 5.12 Å². The number of carbonyl (C=O) groups excluding carboxylic acids is 2. The van der Waals surface area contributed by atoms with Crippen LogP contribution in [0.4, 0.5) is 0 Å². The van der Waals surface area contributed by atoms with E-state index in [2.05, 4.69) is 6.58 Å². The molecule has 1 rings (SSSR count). The minimum absolute atomic E-state index is 0.123. The Bertz CT molecular complexity index is 303. The van der Waals surface area contributed by atoms with Gasteiger partial charge in [-0.3, -0.25) is 9.59 Å². The van der Waals surface area contributed by atoms with Gasteiger partial charge in [0.1, 0.15) is 0 Å². The zero-order valence-electron chi connectivity index (χ0n) is 10.6. The molecule has 0 spiro atoms. The Balaban J connectivity index is 2.36. The van der Waals surface area contributed by atoms with Crippen molar-refractivity contribution < 1.29 is 9.59 Å². The Hall–Kier alpha value is 0.130. The van der Waals surface area contributed by atoms with Crippen LogP contribution in [-0.2, 0) is 9.59 Å². The van der Waals surface area contributed by atoms with Crippen molar-refractivity contribution in [3.05, 3.63) is 12.2 Å². The number of hydrogen-bond acceptors (Lipinski definition) is 5. The van der Waals surface area contributed by atoms with E-state index >= 15 is 0 Å². The molecule has 0 atom stereocenters. The summed E-state index contributed by atoms with van der Waals surface area (Å²) >= 11 is 4.49. The predicted octanol–water partition coefficient (Wildman–Crippen LogP) is 3.76. The molecule has 0 saturated carbocycles. The van der Waals surface area contributed by atoms with Gasteiger partial charge in [0.25, 0.3) is 0 Å². The molecule has 5 heteroatoms. The van der Waals surface area contributed by atoms with Crippen molar-refractivity contribution in [2.45, 2.75) is 32.1 Å². The maximum Gasteiger partial charge on any atom is 0.215 e. The van der Waals surface area contributed by atoms with Crippen LogP contribution in [0.15, 0.2) is 12.2 Å². The SMILES string of the molecule is C=C1CSCCC(=O)SCCCCCCSC1=O. The largest absolute Gasteiger partial charge is 0.287 e. The minimum atomic E-state index is 0.123. The molecule has 0 aromatic rings. The maximum absolute atomic E-state index is 11.7. The summed E-state index contributed by atoms with van der Waals surface area (Å²) in [5, 5.41) is 0.404. The van der Waals surface area contributed by atoms with Gasteiger partial charge in [-0.15, -0.1) is 0 Å². The zero-order chi connectivity index (χ0) is 13.2. The average Bonchev–Trinajstić information content (AvgIpc) is 2.36. The van der Waals surface area contributed by atoms with Crippen molar-refractivity contribution >= 4 is 45.5 Å². The van der Waals surface area contributed by atoms with Gasteiger partial charge >= 0.3 is 0 Å². The topological polar surface area (TPSA) is 34.1 Å². The maximum atomic E-state index is 11.7. The molecular formula is C13H20O2S3. The highest BCUT2D eigenvalue weighted by Gasteiger charge is 2.09. The van der Waals surface area contributed by atoms with Gasteiger partial charge in [-0.1, -0.05) is 42.9 Å². The van der Waals surface area contributed by atoms with Crippen LogP contribution in [0.25, 0.3) is 0 Å². The average molecular weight is 305 g/mol. The second-order valence-electron chi connectivity index (χ2n) is 4.18. The summed E-state index contributed by atoms with van der Waals surface area (Å²) < 4.78 is 0. The monoisotopic (exact) mass is 304 g/mol. The van der Waals surface area contributed by atoms with Gasteiger partial charge in [-0.2, -0.15) is 11.8 Å². The fraction of sp³-hybridized carbons (Fsp3) is 0.692. The molecule has 18 heavy (non-hydrogen) atoms. The molecular weight excluding hydrogens is 284 g/mol. The lowest BCUT2D eigenvalue weighted by Gasteiger charge is -2.03. The lowest BCUT2D eigenvalue weighted by Crippen LogP contribution is -2.01. The van der Waals surface area contributed by atoms with E-state index < -0.39 is 0 Å². The van der Waals surface area contributed by atoms with Gasteiger partial charge in [0.05, 0.1) is 0 Å². The first-order valence-electron chi connectivity index (χ1n) is 6.28. The summed E-state index contributed by atoms with van der Waals surface area (Å²) in [5.74, 6) is 3.30. The Morgan fingerprint density at radius 2 is 1.56 bits per heavy atom. The van der Waals surface area contributed by atoms with E-state index in [1.54, 1.807) is 11.8 Å². The van der Waals surface area contributed by atoms with Crippen LogP contribution >= 0.6 is 35.3 Å². The molecule has 0 amide bonds. The first-order valence-corrected chi connectivity index (χ1v) is 9.41. The molecule has 102 valence electrons. The molecule has 0 aromatic heterocycles. The Morgan fingerprint density at radius 1 is 0.889 bits per heavy atom. The van der Waals surface area contributed by atoms with Crippen molar-refractivity contribution in [2.24, 2.45) is 0 Å². The summed E-state index contributed by atoms with van der Waals surface area (Å²) in [6.07, 6.45) is 5.09. The molecule has 0 unspecified atom stereocenters. The molecule has 0 bridgehead atoms. The fourth-order valence-electron chi connectivity index (χ4n) is 1.49. The first-order chi connectivity index (χ1) is 8.70. The second kappa shape index (κ2) is 9.98. The summed E-state index contributed by atoms with van der Waals surface area (Å²) in [6.45, 7) is 3.82. The van der Waals surface area contributed by atoms with E-state index in [1.165, 1.54) is 23.5 Å². The second-order valence-corrected chi connectivity index (χ2v) is 7.50. The molecule has 1 heterocycles. The molecule has 0 N–H and O–H groups in total. The van der Waals surface area contributed by atoms with Crippen LogP contribution in [-0.4, -0.2) is 33.2 Å². The molecule has 0 aromatic carbocycles. The highest BCUT2D eigenvalue weighted by atomic mass is 32.2. The van der Waals surface area contributed by atoms with Gasteiger partial charge in [-0.05, 0) is 12.8 Å². The molecule has 2 nitrogen and oxygen atoms in total. The molecule has 0 aliphatic carbocycles. The van der Waals surface area contributed by atoms with E-state index in [0.717, 1.165) is 42.9 Å². The summed E-state index contributed by atoms with van der Waals surface area (Å²) in [4.78, 5) is 23.2. The van der Waals surface area contributed by atoms with E-state index in [0.29, 0.717) is 17.7 Å². The normalized spacial score (nSPS) is 22.3. The Kier molecular flexibility index (Phi) is 8.98. The lowest BCUT2D eigenvalue weighted by atomic mass is 10.2. The van der Waals surface area contributed by atoms with Gasteiger partial charge in [0, 0.05) is 35.0 Å². The van der Waals surface area contributed by atoms with Crippen molar-refractivity contribution in [1.29, 1.82) is 0 Å². The van der Waals surface area contributed by atoms with Crippen LogP contribution in [0.5, 0.6) is 0 Å². The summed E-state index contributed by atoms with van der Waals surface area (Å²) in [6, 6.07) is 0. The number of rotatable bonds is 0. The Labute approximate surface area is 122 Å². The zero-order valence-corrected chi connectivity index (χ0v) is 13.1. The minimum Gasteiger partial charge on any atom is -0.287 e. The van der Waals surface area contributed by atoms with Gasteiger partial charge < -0.3 is 0 Å². The van der Waals surface area contributed by atoms with Crippen LogP contribution < -0.4 is 0 Å². The quantitative estimate of drug-likeness (QED) is 0.637. The highest BCUT2D eigenvalue weighted by molar-refractivity contribution is 8.14. The van der Waals surface area contributed by atoms with Crippen molar-refractivity contribution in [1.82, 2.24) is 0 Å². The van der Waals surface area contributed by atoms with E-state index in [4.69, 9.17) is 0 Å². The first kappa shape index (κ1) is 16.2. The summed E-state index contributed by atoms with van der Waals surface area (Å²) in [7, 11) is 0. The molecule has 1 saturated heterocycles. The van der Waals surface area contributed by atoms with Crippen molar-refractivity contribution in [3.63, 3.8) is 0 Å². The van der Waals surface area contributed by atoms with Crippen LogP contribution in [0, 0.1) is 0 Å². The molecule has 0 radical (unpaired) electrons. The number of thioether (sulfide) groups is 3. The number of carbonyl (C=O) groups is 2. The van der Waals surface area contributed by atoms with E-state index in [1.807, 2.05) is 0 Å². The van der Waals surface area contributed by atoms with E-state index in [9.17, 15) is 9.59 Å². The van der Waals surface area contributed by atoms with E-state index in [-0.39, 0.29) is 10.2 Å². The smallest absolute Gasteiger partial charge is 0.215 e. The van der Waals surface area contributed by atoms with Gasteiger partial charge in [0.15, 0.2) is 5.12 Å². The lowest BCUT2D eigenvalue weighted by molar-refractivity contribution is -0.110. The third-order valence-electron chi connectivity index (χ3n) is 2.55. The van der Waals surface area contributed by atoms with Crippen LogP contribution in [0.3, 0.4) is 0 Å². The third kappa shape index (κ3) is 7.54.